The minimum absolute atomic E-state index is 0.0418. The third-order valence-electron chi connectivity index (χ3n) is 1.88. The Morgan fingerprint density at radius 2 is 2.40 bits per heavy atom. The average Bonchev–Trinajstić information content (AvgIpc) is 2.17. The lowest BCUT2D eigenvalue weighted by Gasteiger charge is -2.12. The normalized spacial score (nSPS) is 12.5. The van der Waals surface area contributed by atoms with E-state index in [0.717, 1.165) is 15.9 Å². The average molecular weight is 294 g/mol. The molecule has 0 bridgehead atoms. The molecule has 0 radical (unpaired) electrons. The van der Waals surface area contributed by atoms with Crippen LogP contribution in [-0.2, 0) is 4.74 Å². The van der Waals surface area contributed by atoms with Crippen molar-refractivity contribution in [3.63, 3.8) is 0 Å². The molecule has 15 heavy (non-hydrogen) atoms. The number of hydrogen-bond acceptors (Lipinski definition) is 3. The van der Waals surface area contributed by atoms with Gasteiger partial charge in [-0.3, -0.25) is 0 Å². The van der Waals surface area contributed by atoms with E-state index in [1.165, 1.54) is 0 Å². The van der Waals surface area contributed by atoms with E-state index in [4.69, 9.17) is 16.3 Å². The predicted molar refractivity (Wildman–Crippen MR) is 66.7 cm³/mol. The number of alkyl halides is 1. The topological polar surface area (TPSA) is 34.1 Å². The number of anilines is 1. The Morgan fingerprint density at radius 3 is 3.00 bits per heavy atom. The molecule has 0 aromatic carbocycles. The monoisotopic (exact) mass is 292 g/mol. The molecular formula is C10H14BrClN2O. The highest BCUT2D eigenvalue weighted by atomic mass is 79.9. The zero-order chi connectivity index (χ0) is 11.3. The number of pyridine rings is 1. The van der Waals surface area contributed by atoms with Crippen LogP contribution in [-0.4, -0.2) is 30.6 Å². The second kappa shape index (κ2) is 6.30. The van der Waals surface area contributed by atoms with Crippen LogP contribution in [0.5, 0.6) is 0 Å². The second-order valence-electron chi connectivity index (χ2n) is 3.25. The number of aryl methyl sites for hydroxylation is 1. The fraction of sp³-hybridized carbons (Fsp3) is 0.500. The van der Waals surface area contributed by atoms with E-state index >= 15 is 0 Å². The van der Waals surface area contributed by atoms with Crippen LogP contribution < -0.4 is 5.32 Å². The summed E-state index contributed by atoms with van der Waals surface area (Å²) >= 11 is 9.35. The Hall–Kier alpha value is -0.320. The predicted octanol–water partition coefficient (Wildman–Crippen LogP) is 2.82. The highest BCUT2D eigenvalue weighted by Gasteiger charge is 2.05. The fourth-order valence-corrected chi connectivity index (χ4v) is 1.82. The van der Waals surface area contributed by atoms with E-state index in [2.05, 4.69) is 26.2 Å². The van der Waals surface area contributed by atoms with Gasteiger partial charge in [-0.25, -0.2) is 4.98 Å². The smallest absolute Gasteiger partial charge is 0.128 e. The SMILES string of the molecule is COCC(Cl)CNc1ncc(Br)cc1C. The Balaban J connectivity index is 2.50. The highest BCUT2D eigenvalue weighted by Crippen LogP contribution is 2.16. The molecular weight excluding hydrogens is 279 g/mol. The summed E-state index contributed by atoms with van der Waals surface area (Å²) in [7, 11) is 1.64. The molecule has 0 aliphatic heterocycles. The van der Waals surface area contributed by atoms with Gasteiger partial charge in [-0.15, -0.1) is 11.6 Å². The van der Waals surface area contributed by atoms with Gasteiger partial charge in [0.05, 0.1) is 12.0 Å². The van der Waals surface area contributed by atoms with E-state index in [1.54, 1.807) is 13.3 Å². The van der Waals surface area contributed by atoms with Crippen LogP contribution >= 0.6 is 27.5 Å². The van der Waals surface area contributed by atoms with Crippen molar-refractivity contribution in [2.75, 3.05) is 25.6 Å². The van der Waals surface area contributed by atoms with Crippen LogP contribution in [0, 0.1) is 6.92 Å². The van der Waals surface area contributed by atoms with Gasteiger partial charge in [0, 0.05) is 24.3 Å². The van der Waals surface area contributed by atoms with Gasteiger partial charge in [-0.05, 0) is 34.5 Å². The van der Waals surface area contributed by atoms with Gasteiger partial charge >= 0.3 is 0 Å². The van der Waals surface area contributed by atoms with Crippen molar-refractivity contribution < 1.29 is 4.74 Å². The van der Waals surface area contributed by atoms with Crippen molar-refractivity contribution in [3.05, 3.63) is 22.3 Å². The molecule has 1 aromatic rings. The molecule has 1 N–H and O–H groups in total. The van der Waals surface area contributed by atoms with Gasteiger partial charge in [0.15, 0.2) is 0 Å². The molecule has 5 heteroatoms. The number of rotatable bonds is 5. The van der Waals surface area contributed by atoms with E-state index in [1.807, 2.05) is 13.0 Å². The summed E-state index contributed by atoms with van der Waals surface area (Å²) in [6, 6.07) is 2.01. The van der Waals surface area contributed by atoms with Crippen molar-refractivity contribution in [2.24, 2.45) is 0 Å². The lowest BCUT2D eigenvalue weighted by molar-refractivity contribution is 0.200. The molecule has 0 spiro atoms. The van der Waals surface area contributed by atoms with Crippen molar-refractivity contribution in [3.8, 4) is 0 Å². The maximum absolute atomic E-state index is 5.99. The number of halogens is 2. The van der Waals surface area contributed by atoms with E-state index in [-0.39, 0.29) is 5.38 Å². The van der Waals surface area contributed by atoms with Crippen molar-refractivity contribution in [1.29, 1.82) is 0 Å². The zero-order valence-electron chi connectivity index (χ0n) is 8.76. The molecule has 84 valence electrons. The molecule has 1 heterocycles. The van der Waals surface area contributed by atoms with Crippen LogP contribution in [0.3, 0.4) is 0 Å². The summed E-state index contributed by atoms with van der Waals surface area (Å²) in [5.74, 6) is 0.861. The molecule has 1 rings (SSSR count). The Morgan fingerprint density at radius 1 is 1.67 bits per heavy atom. The summed E-state index contributed by atoms with van der Waals surface area (Å²) in [5, 5.41) is 3.14. The fourth-order valence-electron chi connectivity index (χ4n) is 1.17. The van der Waals surface area contributed by atoms with Crippen molar-refractivity contribution >= 4 is 33.3 Å². The van der Waals surface area contributed by atoms with E-state index in [0.29, 0.717) is 13.2 Å². The quantitative estimate of drug-likeness (QED) is 0.848. The van der Waals surface area contributed by atoms with Crippen LogP contribution in [0.25, 0.3) is 0 Å². The van der Waals surface area contributed by atoms with E-state index in [9.17, 15) is 0 Å². The molecule has 1 unspecified atom stereocenters. The number of ether oxygens (including phenoxy) is 1. The first kappa shape index (κ1) is 12.7. The third-order valence-corrected chi connectivity index (χ3v) is 2.60. The van der Waals surface area contributed by atoms with Gasteiger partial charge in [0.2, 0.25) is 0 Å². The van der Waals surface area contributed by atoms with Crippen LogP contribution in [0.1, 0.15) is 5.56 Å². The third kappa shape index (κ3) is 4.36. The minimum Gasteiger partial charge on any atom is -0.383 e. The van der Waals surface area contributed by atoms with Crippen LogP contribution in [0.2, 0.25) is 0 Å². The first-order valence-corrected chi connectivity index (χ1v) is 5.85. The van der Waals surface area contributed by atoms with Crippen LogP contribution in [0.4, 0.5) is 5.82 Å². The zero-order valence-corrected chi connectivity index (χ0v) is 11.1. The van der Waals surface area contributed by atoms with Gasteiger partial charge < -0.3 is 10.1 Å². The second-order valence-corrected chi connectivity index (χ2v) is 4.79. The number of nitrogens with one attached hydrogen (secondary N) is 1. The van der Waals surface area contributed by atoms with Gasteiger partial charge in [-0.2, -0.15) is 0 Å². The molecule has 0 aliphatic rings. The lowest BCUT2D eigenvalue weighted by Crippen LogP contribution is -2.19. The number of hydrogen-bond donors (Lipinski definition) is 1. The number of aromatic nitrogens is 1. The summed E-state index contributed by atoms with van der Waals surface area (Å²) in [4.78, 5) is 4.25. The van der Waals surface area contributed by atoms with E-state index < -0.39 is 0 Å². The molecule has 3 nitrogen and oxygen atoms in total. The first-order chi connectivity index (χ1) is 7.13. The van der Waals surface area contributed by atoms with Gasteiger partial charge in [0.1, 0.15) is 5.82 Å². The highest BCUT2D eigenvalue weighted by molar-refractivity contribution is 9.10. The standard InChI is InChI=1S/C10H14BrClN2O/c1-7-3-8(11)4-13-10(7)14-5-9(12)6-15-2/h3-4,9H,5-6H2,1-2H3,(H,13,14). The Bertz CT molecular complexity index is 322. The summed E-state index contributed by atoms with van der Waals surface area (Å²) in [6.07, 6.45) is 1.76. The van der Waals surface area contributed by atoms with Gasteiger partial charge in [-0.1, -0.05) is 0 Å². The summed E-state index contributed by atoms with van der Waals surface area (Å²) in [5.41, 5.74) is 1.09. The van der Waals surface area contributed by atoms with Crippen LogP contribution in [0.15, 0.2) is 16.7 Å². The molecule has 0 aliphatic carbocycles. The molecule has 0 saturated carbocycles. The van der Waals surface area contributed by atoms with Gasteiger partial charge in [0.25, 0.3) is 0 Å². The molecule has 0 saturated heterocycles. The number of methoxy groups -OCH3 is 1. The molecule has 1 atom stereocenters. The Labute approximate surface area is 103 Å². The molecule has 0 amide bonds. The molecule has 1 aromatic heterocycles. The first-order valence-electron chi connectivity index (χ1n) is 4.62. The maximum Gasteiger partial charge on any atom is 0.128 e. The summed E-state index contributed by atoms with van der Waals surface area (Å²) < 4.78 is 5.92. The minimum atomic E-state index is -0.0418. The Kier molecular flexibility index (Phi) is 5.36. The van der Waals surface area contributed by atoms with Crippen molar-refractivity contribution in [1.82, 2.24) is 4.98 Å². The number of nitrogens with zero attached hydrogens (tertiary/aromatic N) is 1. The largest absolute Gasteiger partial charge is 0.383 e. The lowest BCUT2D eigenvalue weighted by atomic mass is 10.3. The van der Waals surface area contributed by atoms with Crippen molar-refractivity contribution in [2.45, 2.75) is 12.3 Å². The maximum atomic E-state index is 5.99. The molecule has 0 fully saturated rings. The summed E-state index contributed by atoms with van der Waals surface area (Å²) in [6.45, 7) is 3.18.